The van der Waals surface area contributed by atoms with Crippen LogP contribution < -0.4 is 0 Å². The number of hydrogen-bond donors (Lipinski definition) is 3. The fraction of sp³-hybridized carbons (Fsp3) is 0.800. The van der Waals surface area contributed by atoms with Crippen molar-refractivity contribution in [2.45, 2.75) is 193 Å². The molecule has 0 radical (unpaired) electrons. The van der Waals surface area contributed by atoms with Gasteiger partial charge in [-0.1, -0.05) is 166 Å². The topological polar surface area (TPSA) is 140 Å². The van der Waals surface area contributed by atoms with E-state index in [2.05, 4.69) is 30.5 Å². The van der Waals surface area contributed by atoms with Gasteiger partial charge in [-0.05, 0) is 38.5 Å². The summed E-state index contributed by atoms with van der Waals surface area (Å²) in [5, 5.41) is 10.2. The average Bonchev–Trinajstić information content (AvgIpc) is 3.07. The Kier molecular flexibility index (Phi) is 34.4. The lowest BCUT2D eigenvalue weighted by atomic mass is 10.0. The van der Waals surface area contributed by atoms with E-state index in [0.717, 1.165) is 32.1 Å². The van der Waals surface area contributed by atoms with Crippen LogP contribution in [-0.2, 0) is 28.2 Å². The number of carbonyl (C=O) groups is 2. The van der Waals surface area contributed by atoms with Gasteiger partial charge in [0.1, 0.15) is 6.61 Å². The Bertz CT molecular complexity index is 928. The third kappa shape index (κ3) is 37.5. The maximum Gasteiger partial charge on any atom is 0.469 e. The summed E-state index contributed by atoms with van der Waals surface area (Å²) >= 11 is 0. The van der Waals surface area contributed by atoms with E-state index < -0.39 is 38.6 Å². The molecule has 3 N–H and O–H groups in total. The predicted octanol–water partition coefficient (Wildman–Crippen LogP) is 10.8. The van der Waals surface area contributed by atoms with Gasteiger partial charge in [0, 0.05) is 12.8 Å². The third-order valence-electron chi connectivity index (χ3n) is 8.52. The summed E-state index contributed by atoms with van der Waals surface area (Å²) in [6.07, 6.45) is 37.5. The van der Waals surface area contributed by atoms with Crippen LogP contribution in [0.5, 0.6) is 0 Å². The SMILES string of the molecule is CCCCCCCC/C=C/C/C=C/C=C/C(O)CCCC(=O)OC[C@H](COP(=O)(O)O)OC(=O)CCCCCCCCCCCCCCCC. The van der Waals surface area contributed by atoms with Gasteiger partial charge in [0.25, 0.3) is 0 Å². The zero-order valence-electron chi connectivity index (χ0n) is 31.7. The van der Waals surface area contributed by atoms with Crippen molar-refractivity contribution in [1.82, 2.24) is 0 Å². The Balaban J connectivity index is 4.13. The van der Waals surface area contributed by atoms with Gasteiger partial charge in [-0.3, -0.25) is 14.1 Å². The molecule has 0 spiro atoms. The smallest absolute Gasteiger partial charge is 0.462 e. The van der Waals surface area contributed by atoms with Crippen LogP contribution >= 0.6 is 7.82 Å². The van der Waals surface area contributed by atoms with Gasteiger partial charge in [0.05, 0.1) is 12.7 Å². The second-order valence-electron chi connectivity index (χ2n) is 13.5. The maximum absolute atomic E-state index is 12.4. The van der Waals surface area contributed by atoms with Crippen molar-refractivity contribution in [3.8, 4) is 0 Å². The first-order valence-electron chi connectivity index (χ1n) is 19.9. The van der Waals surface area contributed by atoms with Crippen molar-refractivity contribution in [3.05, 3.63) is 36.5 Å². The highest BCUT2D eigenvalue weighted by Crippen LogP contribution is 2.36. The molecular weight excluding hydrogens is 655 g/mol. The lowest BCUT2D eigenvalue weighted by Crippen LogP contribution is -2.29. The molecule has 0 heterocycles. The van der Waals surface area contributed by atoms with Crippen molar-refractivity contribution in [2.24, 2.45) is 0 Å². The van der Waals surface area contributed by atoms with Crippen LogP contribution in [0, 0.1) is 0 Å². The van der Waals surface area contributed by atoms with Crippen LogP contribution in [0.25, 0.3) is 0 Å². The summed E-state index contributed by atoms with van der Waals surface area (Å²) in [7, 11) is -4.79. The van der Waals surface area contributed by atoms with E-state index >= 15 is 0 Å². The summed E-state index contributed by atoms with van der Waals surface area (Å²) in [6, 6.07) is 0. The summed E-state index contributed by atoms with van der Waals surface area (Å²) in [6.45, 7) is 3.51. The number of aliphatic hydroxyl groups is 1. The summed E-state index contributed by atoms with van der Waals surface area (Å²) in [4.78, 5) is 42.7. The van der Waals surface area contributed by atoms with Crippen LogP contribution in [0.4, 0.5) is 0 Å². The van der Waals surface area contributed by atoms with Crippen LogP contribution in [0.1, 0.15) is 181 Å². The third-order valence-corrected chi connectivity index (χ3v) is 9.00. The zero-order valence-corrected chi connectivity index (χ0v) is 32.6. The second kappa shape index (κ2) is 35.6. The number of aliphatic hydroxyl groups excluding tert-OH is 1. The lowest BCUT2D eigenvalue weighted by molar-refractivity contribution is -0.161. The van der Waals surface area contributed by atoms with Crippen LogP contribution in [-0.4, -0.2) is 52.3 Å². The first kappa shape index (κ1) is 48.2. The van der Waals surface area contributed by atoms with Crippen molar-refractivity contribution in [3.63, 3.8) is 0 Å². The minimum Gasteiger partial charge on any atom is -0.462 e. The quantitative estimate of drug-likeness (QED) is 0.0189. The minimum absolute atomic E-state index is 0.0448. The van der Waals surface area contributed by atoms with Crippen molar-refractivity contribution >= 4 is 19.8 Å². The van der Waals surface area contributed by atoms with Crippen molar-refractivity contribution < 1.29 is 43.0 Å². The van der Waals surface area contributed by atoms with Gasteiger partial charge in [-0.25, -0.2) is 4.57 Å². The molecule has 0 aliphatic carbocycles. The van der Waals surface area contributed by atoms with E-state index in [-0.39, 0.29) is 19.4 Å². The van der Waals surface area contributed by atoms with E-state index in [1.54, 1.807) is 12.2 Å². The number of hydrogen-bond acceptors (Lipinski definition) is 7. The largest absolute Gasteiger partial charge is 0.469 e. The van der Waals surface area contributed by atoms with Gasteiger partial charge in [0.2, 0.25) is 0 Å². The van der Waals surface area contributed by atoms with Crippen LogP contribution in [0.3, 0.4) is 0 Å². The molecule has 10 heteroatoms. The summed E-state index contributed by atoms with van der Waals surface area (Å²) in [5.74, 6) is -1.08. The van der Waals surface area contributed by atoms with E-state index in [1.165, 1.54) is 103 Å². The van der Waals surface area contributed by atoms with Crippen LogP contribution in [0.2, 0.25) is 0 Å². The first-order valence-corrected chi connectivity index (χ1v) is 21.4. The summed E-state index contributed by atoms with van der Waals surface area (Å²) < 4.78 is 26.2. The average molecular weight is 729 g/mol. The number of phosphoric acid groups is 1. The molecule has 2 atom stereocenters. The Morgan fingerprint density at radius 3 is 1.70 bits per heavy atom. The number of esters is 2. The molecule has 292 valence electrons. The molecule has 0 aliphatic rings. The molecule has 0 aromatic heterocycles. The van der Waals surface area contributed by atoms with Gasteiger partial charge in [-0.2, -0.15) is 0 Å². The Morgan fingerprint density at radius 2 is 1.14 bits per heavy atom. The fourth-order valence-electron chi connectivity index (χ4n) is 5.50. The second-order valence-corrected chi connectivity index (χ2v) is 14.7. The lowest BCUT2D eigenvalue weighted by Gasteiger charge is -2.18. The van der Waals surface area contributed by atoms with Gasteiger partial charge in [0.15, 0.2) is 6.10 Å². The molecule has 0 aromatic carbocycles. The highest BCUT2D eigenvalue weighted by Gasteiger charge is 2.23. The molecule has 0 aliphatic heterocycles. The predicted molar refractivity (Wildman–Crippen MR) is 204 cm³/mol. The Labute approximate surface area is 304 Å². The standard InChI is InChI=1S/C40H73O9P/c1-3-5-7-9-11-13-15-17-19-21-23-25-27-29-33-40(43)49-38(36-48-50(44,45)46)35-47-39(42)34-30-32-37(41)31-28-26-24-22-20-18-16-14-12-10-8-6-4-2/h18,20,24,26,28,31,37-38,41H,3-17,19,21-23,25,27,29-30,32-36H2,1-2H3,(H2,44,45,46)/b20-18+,26-24+,31-28+/t37?,38-/m1/s1. The van der Waals surface area contributed by atoms with Crippen molar-refractivity contribution in [2.75, 3.05) is 13.2 Å². The number of allylic oxidation sites excluding steroid dienone is 5. The molecular formula is C40H73O9P. The zero-order chi connectivity index (χ0) is 37.0. The molecule has 0 amide bonds. The number of ether oxygens (including phenoxy) is 2. The number of phosphoric ester groups is 1. The Hall–Kier alpha value is -1.77. The molecule has 0 fully saturated rings. The van der Waals surface area contributed by atoms with Gasteiger partial charge in [-0.15, -0.1) is 0 Å². The molecule has 0 saturated heterocycles. The van der Waals surface area contributed by atoms with Gasteiger partial charge >= 0.3 is 19.8 Å². The summed E-state index contributed by atoms with van der Waals surface area (Å²) in [5.41, 5.74) is 0. The normalized spacial score (nSPS) is 13.5. The number of rotatable bonds is 36. The molecule has 0 rings (SSSR count). The minimum atomic E-state index is -4.79. The molecule has 50 heavy (non-hydrogen) atoms. The van der Waals surface area contributed by atoms with Crippen LogP contribution in [0.15, 0.2) is 36.5 Å². The van der Waals surface area contributed by atoms with Gasteiger partial charge < -0.3 is 24.4 Å². The maximum atomic E-state index is 12.4. The van der Waals surface area contributed by atoms with E-state index in [0.29, 0.717) is 19.3 Å². The highest BCUT2D eigenvalue weighted by molar-refractivity contribution is 7.46. The van der Waals surface area contributed by atoms with E-state index in [4.69, 9.17) is 19.3 Å². The fourth-order valence-corrected chi connectivity index (χ4v) is 5.86. The monoisotopic (exact) mass is 728 g/mol. The first-order chi connectivity index (χ1) is 24.2. The van der Waals surface area contributed by atoms with E-state index in [1.807, 2.05) is 12.2 Å². The molecule has 0 saturated carbocycles. The Morgan fingerprint density at radius 1 is 0.620 bits per heavy atom. The molecule has 0 bridgehead atoms. The molecule has 1 unspecified atom stereocenters. The molecule has 0 aromatic rings. The highest BCUT2D eigenvalue weighted by atomic mass is 31.2. The number of unbranched alkanes of at least 4 members (excludes halogenated alkanes) is 19. The molecule has 9 nitrogen and oxygen atoms in total. The number of carbonyl (C=O) groups excluding carboxylic acids is 2. The van der Waals surface area contributed by atoms with Crippen molar-refractivity contribution in [1.29, 1.82) is 0 Å². The van der Waals surface area contributed by atoms with E-state index in [9.17, 15) is 19.3 Å².